The van der Waals surface area contributed by atoms with E-state index in [2.05, 4.69) is 51.6 Å². The minimum Gasteiger partial charge on any atom is -0.361 e. The molecule has 0 saturated carbocycles. The molecule has 106 valence electrons. The summed E-state index contributed by atoms with van der Waals surface area (Å²) in [6.45, 7) is 0. The summed E-state index contributed by atoms with van der Waals surface area (Å²) in [7, 11) is 0. The molecule has 1 aliphatic rings. The normalized spacial score (nSPS) is 13.6. The molecule has 0 saturated heterocycles. The van der Waals surface area contributed by atoms with Crippen LogP contribution in [0.4, 0.5) is 0 Å². The lowest BCUT2D eigenvalue weighted by Crippen LogP contribution is -1.86. The molecule has 0 fully saturated rings. The van der Waals surface area contributed by atoms with Gasteiger partial charge in [0, 0.05) is 11.7 Å². The third-order valence-corrected chi connectivity index (χ3v) is 3.86. The van der Waals surface area contributed by atoms with Crippen molar-refractivity contribution in [3.8, 4) is 0 Å². The van der Waals surface area contributed by atoms with Gasteiger partial charge in [-0.05, 0) is 58.3 Å². The Labute approximate surface area is 128 Å². The van der Waals surface area contributed by atoms with Gasteiger partial charge in [0.1, 0.15) is 0 Å². The summed E-state index contributed by atoms with van der Waals surface area (Å²) in [4.78, 5) is 3.18. The van der Waals surface area contributed by atoms with E-state index in [1.807, 2.05) is 24.4 Å². The van der Waals surface area contributed by atoms with Crippen LogP contribution in [0.3, 0.4) is 0 Å². The SMILES string of the molecule is C1=Cc2cc(/C=N/N=C/c3ccc4[nH]ccc4c3)ccc2C1. The molecule has 3 aromatic rings. The summed E-state index contributed by atoms with van der Waals surface area (Å²) in [5.74, 6) is 0. The number of allylic oxidation sites excluding steroid dienone is 1. The number of hydrogen-bond donors (Lipinski definition) is 1. The van der Waals surface area contributed by atoms with E-state index in [1.165, 1.54) is 16.5 Å². The first-order chi connectivity index (χ1) is 10.9. The first-order valence-corrected chi connectivity index (χ1v) is 7.31. The van der Waals surface area contributed by atoms with E-state index in [9.17, 15) is 0 Å². The van der Waals surface area contributed by atoms with Crippen LogP contribution < -0.4 is 0 Å². The molecule has 0 aliphatic heterocycles. The van der Waals surface area contributed by atoms with Gasteiger partial charge < -0.3 is 4.98 Å². The van der Waals surface area contributed by atoms with Crippen molar-refractivity contribution in [2.24, 2.45) is 10.2 Å². The van der Waals surface area contributed by atoms with E-state index < -0.39 is 0 Å². The molecule has 22 heavy (non-hydrogen) atoms. The number of aromatic nitrogens is 1. The largest absolute Gasteiger partial charge is 0.361 e. The second-order valence-electron chi connectivity index (χ2n) is 5.38. The highest BCUT2D eigenvalue weighted by molar-refractivity contribution is 5.89. The van der Waals surface area contributed by atoms with Gasteiger partial charge in [-0.2, -0.15) is 10.2 Å². The topological polar surface area (TPSA) is 40.5 Å². The van der Waals surface area contributed by atoms with Gasteiger partial charge in [-0.1, -0.05) is 30.4 Å². The lowest BCUT2D eigenvalue weighted by Gasteiger charge is -1.98. The van der Waals surface area contributed by atoms with Gasteiger partial charge in [-0.25, -0.2) is 0 Å². The average Bonchev–Trinajstić information content (AvgIpc) is 3.19. The third kappa shape index (κ3) is 2.49. The second kappa shape index (κ2) is 5.45. The highest BCUT2D eigenvalue weighted by atomic mass is 15.2. The van der Waals surface area contributed by atoms with E-state index in [-0.39, 0.29) is 0 Å². The van der Waals surface area contributed by atoms with Crippen LogP contribution in [0.25, 0.3) is 17.0 Å². The van der Waals surface area contributed by atoms with Crippen LogP contribution in [0.1, 0.15) is 22.3 Å². The Morgan fingerprint density at radius 3 is 2.64 bits per heavy atom. The van der Waals surface area contributed by atoms with Crippen LogP contribution in [0.5, 0.6) is 0 Å². The third-order valence-electron chi connectivity index (χ3n) is 3.86. The summed E-state index contributed by atoms with van der Waals surface area (Å²) in [6.07, 6.45) is 10.9. The van der Waals surface area contributed by atoms with Crippen LogP contribution in [-0.2, 0) is 6.42 Å². The van der Waals surface area contributed by atoms with Crippen molar-refractivity contribution < 1.29 is 0 Å². The van der Waals surface area contributed by atoms with E-state index in [0.29, 0.717) is 0 Å². The highest BCUT2D eigenvalue weighted by Crippen LogP contribution is 2.19. The minimum atomic E-state index is 1.03. The number of fused-ring (bicyclic) bond motifs is 2. The molecule has 1 aliphatic carbocycles. The zero-order valence-corrected chi connectivity index (χ0v) is 12.0. The number of rotatable bonds is 3. The van der Waals surface area contributed by atoms with Crippen molar-refractivity contribution in [2.75, 3.05) is 0 Å². The molecule has 4 rings (SSSR count). The van der Waals surface area contributed by atoms with Crippen molar-refractivity contribution in [1.82, 2.24) is 4.98 Å². The van der Waals surface area contributed by atoms with E-state index in [1.54, 1.807) is 12.4 Å². The molecule has 3 heteroatoms. The Hall–Kier alpha value is -2.94. The standard InChI is InChI=1S/C19H15N3/c1-2-16-6-4-14(10-17(16)3-1)12-21-22-13-15-5-7-19-18(11-15)8-9-20-19/h1,3-13,20H,2H2/b21-12+,22-13+. The number of aromatic amines is 1. The van der Waals surface area contributed by atoms with Gasteiger partial charge >= 0.3 is 0 Å². The molecule has 1 heterocycles. The molecule has 0 radical (unpaired) electrons. The molecule has 0 amide bonds. The molecule has 1 aromatic heterocycles. The average molecular weight is 285 g/mol. The molecule has 1 N–H and O–H groups in total. The highest BCUT2D eigenvalue weighted by Gasteiger charge is 2.03. The van der Waals surface area contributed by atoms with Crippen LogP contribution >= 0.6 is 0 Å². The van der Waals surface area contributed by atoms with Crippen molar-refractivity contribution in [2.45, 2.75) is 6.42 Å². The van der Waals surface area contributed by atoms with Crippen LogP contribution in [0, 0.1) is 0 Å². The molecule has 0 atom stereocenters. The van der Waals surface area contributed by atoms with Crippen LogP contribution in [0.2, 0.25) is 0 Å². The first-order valence-electron chi connectivity index (χ1n) is 7.31. The van der Waals surface area contributed by atoms with Gasteiger partial charge in [-0.15, -0.1) is 0 Å². The predicted octanol–water partition coefficient (Wildman–Crippen LogP) is 4.19. The maximum Gasteiger partial charge on any atom is 0.0568 e. The lowest BCUT2D eigenvalue weighted by atomic mass is 10.1. The van der Waals surface area contributed by atoms with Gasteiger partial charge in [0.05, 0.1) is 12.4 Å². The summed E-state index contributed by atoms with van der Waals surface area (Å²) in [6, 6.07) is 14.6. The van der Waals surface area contributed by atoms with E-state index >= 15 is 0 Å². The maximum atomic E-state index is 4.14. The van der Waals surface area contributed by atoms with Crippen LogP contribution in [-0.4, -0.2) is 17.4 Å². The molecule has 0 unspecified atom stereocenters. The predicted molar refractivity (Wildman–Crippen MR) is 92.7 cm³/mol. The summed E-state index contributed by atoms with van der Waals surface area (Å²) in [5, 5.41) is 9.46. The van der Waals surface area contributed by atoms with Crippen molar-refractivity contribution >= 4 is 29.4 Å². The fourth-order valence-electron chi connectivity index (χ4n) is 2.70. The monoisotopic (exact) mass is 285 g/mol. The zero-order chi connectivity index (χ0) is 14.8. The van der Waals surface area contributed by atoms with Crippen molar-refractivity contribution in [3.05, 3.63) is 77.0 Å². The first kappa shape index (κ1) is 12.8. The molecule has 0 spiro atoms. The second-order valence-corrected chi connectivity index (χ2v) is 5.38. The summed E-state index contributed by atoms with van der Waals surface area (Å²) < 4.78 is 0. The minimum absolute atomic E-state index is 1.03. The van der Waals surface area contributed by atoms with Crippen molar-refractivity contribution in [3.63, 3.8) is 0 Å². The van der Waals surface area contributed by atoms with Gasteiger partial charge in [0.15, 0.2) is 0 Å². The molecular formula is C19H15N3. The Kier molecular flexibility index (Phi) is 3.16. The Morgan fingerprint density at radius 1 is 0.909 bits per heavy atom. The molecule has 2 aromatic carbocycles. The van der Waals surface area contributed by atoms with E-state index in [0.717, 1.165) is 23.1 Å². The van der Waals surface area contributed by atoms with Gasteiger partial charge in [0.25, 0.3) is 0 Å². The number of benzene rings is 2. The number of hydrogen-bond acceptors (Lipinski definition) is 2. The molecule has 0 bridgehead atoms. The van der Waals surface area contributed by atoms with Crippen LogP contribution in [0.15, 0.2) is 64.9 Å². The van der Waals surface area contributed by atoms with E-state index in [4.69, 9.17) is 0 Å². The maximum absolute atomic E-state index is 4.14. The molecule has 3 nitrogen and oxygen atoms in total. The number of H-pyrrole nitrogens is 1. The Balaban J connectivity index is 1.50. The number of nitrogens with one attached hydrogen (secondary N) is 1. The Morgan fingerprint density at radius 2 is 1.73 bits per heavy atom. The lowest BCUT2D eigenvalue weighted by molar-refractivity contribution is 1.26. The molecular weight excluding hydrogens is 270 g/mol. The smallest absolute Gasteiger partial charge is 0.0568 e. The fraction of sp³-hybridized carbons (Fsp3) is 0.0526. The van der Waals surface area contributed by atoms with Gasteiger partial charge in [0.2, 0.25) is 0 Å². The summed E-state index contributed by atoms with van der Waals surface area (Å²) >= 11 is 0. The fourth-order valence-corrected chi connectivity index (χ4v) is 2.70. The number of nitrogens with zero attached hydrogens (tertiary/aromatic N) is 2. The summed E-state index contributed by atoms with van der Waals surface area (Å²) in [5.41, 5.74) is 5.91. The van der Waals surface area contributed by atoms with Crippen molar-refractivity contribution in [1.29, 1.82) is 0 Å². The Bertz CT molecular complexity index is 913. The zero-order valence-electron chi connectivity index (χ0n) is 12.0. The van der Waals surface area contributed by atoms with Gasteiger partial charge in [-0.3, -0.25) is 0 Å². The quantitative estimate of drug-likeness (QED) is 0.554.